The molecule has 1 aliphatic heterocycles. The Morgan fingerprint density at radius 2 is 1.62 bits per heavy atom. The minimum atomic E-state index is -0.304. The van der Waals surface area contributed by atoms with Gasteiger partial charge in [0.25, 0.3) is 11.8 Å². The Labute approximate surface area is 153 Å². The molecule has 26 heavy (non-hydrogen) atoms. The van der Waals surface area contributed by atoms with Crippen LogP contribution >= 0.6 is 0 Å². The number of nitrogens with zero attached hydrogens (tertiary/aromatic N) is 1. The maximum absolute atomic E-state index is 12.9. The maximum atomic E-state index is 12.9. The third-order valence-electron chi connectivity index (χ3n) is 4.12. The lowest BCUT2D eigenvalue weighted by atomic mass is 10.0. The summed E-state index contributed by atoms with van der Waals surface area (Å²) in [4.78, 5) is 27.1. The fraction of sp³-hybridized carbons (Fsp3) is 0.238. The third kappa shape index (κ3) is 3.33. The molecule has 0 fully saturated rings. The number of ether oxygens (including phenoxy) is 1. The maximum Gasteiger partial charge on any atom is 0.278 e. The predicted octanol–water partition coefficient (Wildman–Crippen LogP) is 3.69. The molecule has 0 radical (unpaired) electrons. The molecule has 1 aliphatic rings. The van der Waals surface area contributed by atoms with Crippen LogP contribution in [-0.4, -0.2) is 29.9 Å². The standard InChI is InChI=1S/C21H22N2O3/c1-3-14-23-20(24)18(15-10-6-5-7-11-15)19(21(23)25)22-16-12-8-9-13-17(16)26-4-2/h5-13,22H,3-4,14H2,1-2H3. The molecule has 0 saturated heterocycles. The van der Waals surface area contributed by atoms with E-state index in [-0.39, 0.29) is 11.8 Å². The number of para-hydroxylation sites is 2. The van der Waals surface area contributed by atoms with E-state index >= 15 is 0 Å². The van der Waals surface area contributed by atoms with E-state index in [0.29, 0.717) is 42.3 Å². The van der Waals surface area contributed by atoms with Crippen LogP contribution in [0, 0.1) is 0 Å². The van der Waals surface area contributed by atoms with Gasteiger partial charge in [-0.15, -0.1) is 0 Å². The Morgan fingerprint density at radius 1 is 0.923 bits per heavy atom. The molecule has 0 unspecified atom stereocenters. The minimum Gasteiger partial charge on any atom is -0.492 e. The predicted molar refractivity (Wildman–Crippen MR) is 102 cm³/mol. The number of carbonyl (C=O) groups is 2. The molecule has 1 N–H and O–H groups in total. The molecule has 0 aliphatic carbocycles. The molecule has 3 rings (SSSR count). The van der Waals surface area contributed by atoms with Crippen molar-refractivity contribution in [1.82, 2.24) is 4.90 Å². The van der Waals surface area contributed by atoms with Gasteiger partial charge in [0.05, 0.1) is 17.9 Å². The van der Waals surface area contributed by atoms with E-state index in [9.17, 15) is 9.59 Å². The second kappa shape index (κ2) is 7.87. The fourth-order valence-electron chi connectivity index (χ4n) is 2.98. The first-order valence-corrected chi connectivity index (χ1v) is 8.82. The Morgan fingerprint density at radius 3 is 2.31 bits per heavy atom. The van der Waals surface area contributed by atoms with Crippen LogP contribution in [0.2, 0.25) is 0 Å². The highest BCUT2D eigenvalue weighted by molar-refractivity contribution is 6.36. The van der Waals surface area contributed by atoms with Gasteiger partial charge in [0.1, 0.15) is 11.4 Å². The Hall–Kier alpha value is -3.08. The van der Waals surface area contributed by atoms with E-state index in [2.05, 4.69) is 5.32 Å². The number of amides is 2. The van der Waals surface area contributed by atoms with Gasteiger partial charge in [-0.1, -0.05) is 49.4 Å². The zero-order valence-corrected chi connectivity index (χ0v) is 15.0. The molecule has 134 valence electrons. The Balaban J connectivity index is 2.06. The van der Waals surface area contributed by atoms with Crippen LogP contribution < -0.4 is 10.1 Å². The molecule has 0 atom stereocenters. The van der Waals surface area contributed by atoms with Crippen LogP contribution in [0.1, 0.15) is 25.8 Å². The molecule has 2 aromatic carbocycles. The van der Waals surface area contributed by atoms with Crippen molar-refractivity contribution in [1.29, 1.82) is 0 Å². The molecular weight excluding hydrogens is 328 g/mol. The van der Waals surface area contributed by atoms with Crippen molar-refractivity contribution in [2.75, 3.05) is 18.5 Å². The van der Waals surface area contributed by atoms with Gasteiger partial charge < -0.3 is 10.1 Å². The van der Waals surface area contributed by atoms with E-state index in [0.717, 1.165) is 5.56 Å². The van der Waals surface area contributed by atoms with E-state index in [1.165, 1.54) is 4.90 Å². The molecule has 2 aromatic rings. The third-order valence-corrected chi connectivity index (χ3v) is 4.12. The van der Waals surface area contributed by atoms with Crippen LogP contribution in [0.15, 0.2) is 60.3 Å². The van der Waals surface area contributed by atoms with Gasteiger partial charge in [-0.25, -0.2) is 0 Å². The second-order valence-electron chi connectivity index (χ2n) is 5.93. The summed E-state index contributed by atoms with van der Waals surface area (Å²) in [5.41, 5.74) is 2.08. The van der Waals surface area contributed by atoms with Gasteiger partial charge in [-0.05, 0) is 31.0 Å². The number of rotatable bonds is 7. The minimum absolute atomic E-state index is 0.264. The lowest BCUT2D eigenvalue weighted by Gasteiger charge is -2.15. The van der Waals surface area contributed by atoms with E-state index < -0.39 is 0 Å². The number of benzene rings is 2. The van der Waals surface area contributed by atoms with Gasteiger partial charge in [0.2, 0.25) is 0 Å². The Bertz CT molecular complexity index is 843. The van der Waals surface area contributed by atoms with Crippen LogP contribution in [0.4, 0.5) is 5.69 Å². The van der Waals surface area contributed by atoms with E-state index in [4.69, 9.17) is 4.74 Å². The zero-order valence-electron chi connectivity index (χ0n) is 15.0. The number of anilines is 1. The summed E-state index contributed by atoms with van der Waals surface area (Å²) in [6.45, 7) is 4.75. The lowest BCUT2D eigenvalue weighted by Crippen LogP contribution is -2.33. The number of hydrogen-bond donors (Lipinski definition) is 1. The van der Waals surface area contributed by atoms with Crippen molar-refractivity contribution < 1.29 is 14.3 Å². The number of imide groups is 1. The highest BCUT2D eigenvalue weighted by Crippen LogP contribution is 2.33. The summed E-state index contributed by atoms with van der Waals surface area (Å²) < 4.78 is 5.63. The summed E-state index contributed by atoms with van der Waals surface area (Å²) in [5, 5.41) is 3.15. The van der Waals surface area contributed by atoms with Crippen LogP contribution in [0.3, 0.4) is 0 Å². The van der Waals surface area contributed by atoms with Crippen molar-refractivity contribution in [2.45, 2.75) is 20.3 Å². The van der Waals surface area contributed by atoms with Gasteiger partial charge in [0, 0.05) is 6.54 Å². The molecule has 0 aromatic heterocycles. The summed E-state index contributed by atoms with van der Waals surface area (Å²) >= 11 is 0. The molecule has 2 amide bonds. The molecule has 0 saturated carbocycles. The van der Waals surface area contributed by atoms with Crippen LogP contribution in [0.5, 0.6) is 5.75 Å². The van der Waals surface area contributed by atoms with Crippen LogP contribution in [0.25, 0.3) is 5.57 Å². The van der Waals surface area contributed by atoms with Crippen molar-refractivity contribution in [2.24, 2.45) is 0 Å². The van der Waals surface area contributed by atoms with Gasteiger partial charge in [0.15, 0.2) is 0 Å². The first kappa shape index (κ1) is 17.7. The van der Waals surface area contributed by atoms with Crippen molar-refractivity contribution in [3.05, 3.63) is 65.9 Å². The first-order valence-electron chi connectivity index (χ1n) is 8.82. The van der Waals surface area contributed by atoms with E-state index in [1.807, 2.05) is 68.4 Å². The summed E-state index contributed by atoms with van der Waals surface area (Å²) in [6.07, 6.45) is 0.711. The topological polar surface area (TPSA) is 58.6 Å². The van der Waals surface area contributed by atoms with Crippen molar-refractivity contribution >= 4 is 23.1 Å². The first-order chi connectivity index (χ1) is 12.7. The quantitative estimate of drug-likeness (QED) is 0.774. The highest BCUT2D eigenvalue weighted by Gasteiger charge is 2.38. The zero-order chi connectivity index (χ0) is 18.5. The summed E-state index contributed by atoms with van der Waals surface area (Å²) in [7, 11) is 0. The largest absolute Gasteiger partial charge is 0.492 e. The summed E-state index contributed by atoms with van der Waals surface area (Å²) in [6, 6.07) is 16.7. The molecule has 1 heterocycles. The normalized spacial score (nSPS) is 14.2. The molecular formula is C21H22N2O3. The average Bonchev–Trinajstić information content (AvgIpc) is 2.89. The van der Waals surface area contributed by atoms with Gasteiger partial charge in [-0.3, -0.25) is 14.5 Å². The van der Waals surface area contributed by atoms with Gasteiger partial charge in [-0.2, -0.15) is 0 Å². The average molecular weight is 350 g/mol. The van der Waals surface area contributed by atoms with E-state index in [1.54, 1.807) is 0 Å². The van der Waals surface area contributed by atoms with Crippen molar-refractivity contribution in [3.63, 3.8) is 0 Å². The molecule has 5 nitrogen and oxygen atoms in total. The van der Waals surface area contributed by atoms with Crippen LogP contribution in [-0.2, 0) is 9.59 Å². The Kier molecular flexibility index (Phi) is 5.37. The van der Waals surface area contributed by atoms with Gasteiger partial charge >= 0.3 is 0 Å². The summed E-state index contributed by atoms with van der Waals surface area (Å²) in [5.74, 6) is 0.0746. The number of carbonyl (C=O) groups excluding carboxylic acids is 2. The monoisotopic (exact) mass is 350 g/mol. The van der Waals surface area contributed by atoms with Crippen molar-refractivity contribution in [3.8, 4) is 5.75 Å². The second-order valence-corrected chi connectivity index (χ2v) is 5.93. The SMILES string of the molecule is CCCN1C(=O)C(Nc2ccccc2OCC)=C(c2ccccc2)C1=O. The smallest absolute Gasteiger partial charge is 0.278 e. The highest BCUT2D eigenvalue weighted by atomic mass is 16.5. The molecule has 0 spiro atoms. The fourth-order valence-corrected chi connectivity index (χ4v) is 2.98. The lowest BCUT2D eigenvalue weighted by molar-refractivity contribution is -0.136. The number of hydrogen-bond acceptors (Lipinski definition) is 4. The molecule has 0 bridgehead atoms. The molecule has 5 heteroatoms. The number of nitrogens with one attached hydrogen (secondary N) is 1.